The second kappa shape index (κ2) is 8.44. The van der Waals surface area contributed by atoms with E-state index in [4.69, 9.17) is 27.9 Å². The van der Waals surface area contributed by atoms with Crippen molar-refractivity contribution in [1.29, 1.82) is 0 Å². The van der Waals surface area contributed by atoms with Crippen LogP contribution in [0, 0.1) is 0 Å². The zero-order chi connectivity index (χ0) is 18.5. The average molecular weight is 409 g/mol. The van der Waals surface area contributed by atoms with Crippen LogP contribution in [0.3, 0.4) is 0 Å². The first-order chi connectivity index (χ1) is 12.5. The van der Waals surface area contributed by atoms with Crippen molar-refractivity contribution in [1.82, 2.24) is 15.2 Å². The molecule has 0 aliphatic carbocycles. The van der Waals surface area contributed by atoms with Gasteiger partial charge in [-0.2, -0.15) is 0 Å². The molecule has 0 fully saturated rings. The third-order valence-electron chi connectivity index (χ3n) is 3.35. The van der Waals surface area contributed by atoms with Crippen LogP contribution in [0.2, 0.25) is 10.0 Å². The molecule has 2 N–H and O–H groups in total. The molecular weight excluding hydrogens is 395 g/mol. The molecule has 0 spiro atoms. The van der Waals surface area contributed by atoms with Crippen LogP contribution in [0.25, 0.3) is 11.4 Å². The Labute approximate surface area is 164 Å². The topological polar surface area (TPSA) is 79.9 Å². The Hall–Kier alpha value is -2.22. The van der Waals surface area contributed by atoms with E-state index in [2.05, 4.69) is 20.5 Å². The van der Waals surface area contributed by atoms with Crippen LogP contribution in [0.5, 0.6) is 5.75 Å². The highest BCUT2D eigenvalue weighted by molar-refractivity contribution is 7.99. The predicted octanol–water partition coefficient (Wildman–Crippen LogP) is 4.52. The summed E-state index contributed by atoms with van der Waals surface area (Å²) in [5.41, 5.74) is 1.46. The Bertz CT molecular complexity index is 915. The number of thioether (sulfide) groups is 1. The minimum absolute atomic E-state index is 0.168. The molecule has 26 heavy (non-hydrogen) atoms. The maximum atomic E-state index is 12.1. The number of H-pyrrole nitrogens is 1. The maximum Gasteiger partial charge on any atom is 0.234 e. The van der Waals surface area contributed by atoms with Crippen molar-refractivity contribution >= 4 is 46.6 Å². The number of hydrogen-bond donors (Lipinski definition) is 2. The Morgan fingerprint density at radius 1 is 1.23 bits per heavy atom. The molecule has 3 rings (SSSR count). The van der Waals surface area contributed by atoms with Gasteiger partial charge in [-0.25, -0.2) is 4.98 Å². The van der Waals surface area contributed by atoms with Crippen molar-refractivity contribution in [3.8, 4) is 17.1 Å². The van der Waals surface area contributed by atoms with E-state index in [1.807, 2.05) is 12.1 Å². The summed E-state index contributed by atoms with van der Waals surface area (Å²) in [4.78, 5) is 16.4. The summed E-state index contributed by atoms with van der Waals surface area (Å²) >= 11 is 13.1. The van der Waals surface area contributed by atoms with Crippen LogP contribution in [0.4, 0.5) is 5.69 Å². The molecule has 134 valence electrons. The SMILES string of the molecule is COc1ccc(NC(=O)CSc2n[nH]c(-c3ccc(Cl)cc3)n2)cc1Cl. The van der Waals surface area contributed by atoms with E-state index in [1.54, 1.807) is 30.3 Å². The van der Waals surface area contributed by atoms with Crippen molar-refractivity contribution in [3.05, 3.63) is 52.5 Å². The number of aromatic nitrogens is 3. The number of carbonyl (C=O) groups excluding carboxylic acids is 1. The molecule has 0 aliphatic rings. The van der Waals surface area contributed by atoms with Crippen LogP contribution < -0.4 is 10.1 Å². The summed E-state index contributed by atoms with van der Waals surface area (Å²) in [5, 5.41) is 11.3. The number of halogens is 2. The van der Waals surface area contributed by atoms with Gasteiger partial charge in [-0.05, 0) is 42.5 Å². The van der Waals surface area contributed by atoms with E-state index in [1.165, 1.54) is 18.9 Å². The van der Waals surface area contributed by atoms with Gasteiger partial charge in [0.15, 0.2) is 5.82 Å². The normalized spacial score (nSPS) is 10.6. The van der Waals surface area contributed by atoms with Gasteiger partial charge >= 0.3 is 0 Å². The van der Waals surface area contributed by atoms with Crippen LogP contribution in [-0.2, 0) is 4.79 Å². The number of amides is 1. The number of anilines is 1. The number of rotatable bonds is 6. The lowest BCUT2D eigenvalue weighted by Gasteiger charge is -2.07. The lowest BCUT2D eigenvalue weighted by molar-refractivity contribution is -0.113. The Morgan fingerprint density at radius 2 is 2.00 bits per heavy atom. The molecule has 0 saturated carbocycles. The van der Waals surface area contributed by atoms with Gasteiger partial charge in [-0.1, -0.05) is 35.0 Å². The molecule has 2 aromatic carbocycles. The fourth-order valence-corrected chi connectivity index (χ4v) is 3.10. The summed E-state index contributed by atoms with van der Waals surface area (Å²) in [7, 11) is 1.53. The molecule has 9 heteroatoms. The number of carbonyl (C=O) groups is 1. The highest BCUT2D eigenvalue weighted by Gasteiger charge is 2.10. The summed E-state index contributed by atoms with van der Waals surface area (Å²) in [6.45, 7) is 0. The van der Waals surface area contributed by atoms with Gasteiger partial charge in [0, 0.05) is 16.3 Å². The first kappa shape index (κ1) is 18.6. The molecule has 6 nitrogen and oxygen atoms in total. The number of nitrogens with one attached hydrogen (secondary N) is 2. The van der Waals surface area contributed by atoms with Gasteiger partial charge in [-0.3, -0.25) is 9.89 Å². The molecule has 0 saturated heterocycles. The molecule has 1 amide bonds. The maximum absolute atomic E-state index is 12.1. The summed E-state index contributed by atoms with van der Waals surface area (Å²) in [5.74, 6) is 1.15. The monoisotopic (exact) mass is 408 g/mol. The van der Waals surface area contributed by atoms with Crippen molar-refractivity contribution in [2.24, 2.45) is 0 Å². The summed E-state index contributed by atoms with van der Waals surface area (Å²) < 4.78 is 5.08. The minimum atomic E-state index is -0.186. The van der Waals surface area contributed by atoms with Gasteiger partial charge in [0.1, 0.15) is 5.75 Å². The second-order valence-electron chi connectivity index (χ2n) is 5.16. The van der Waals surface area contributed by atoms with E-state index in [-0.39, 0.29) is 11.7 Å². The fourth-order valence-electron chi connectivity index (χ4n) is 2.12. The Morgan fingerprint density at radius 3 is 2.69 bits per heavy atom. The zero-order valence-corrected chi connectivity index (χ0v) is 16.0. The first-order valence-electron chi connectivity index (χ1n) is 7.49. The van der Waals surface area contributed by atoms with E-state index >= 15 is 0 Å². The van der Waals surface area contributed by atoms with Crippen LogP contribution in [0.15, 0.2) is 47.6 Å². The number of nitrogens with zero attached hydrogens (tertiary/aromatic N) is 2. The predicted molar refractivity (Wildman–Crippen MR) is 104 cm³/mol. The van der Waals surface area contributed by atoms with E-state index in [0.717, 1.165) is 5.56 Å². The van der Waals surface area contributed by atoms with Crippen LogP contribution >= 0.6 is 35.0 Å². The third-order valence-corrected chi connectivity index (χ3v) is 4.75. The first-order valence-corrected chi connectivity index (χ1v) is 9.24. The van der Waals surface area contributed by atoms with Gasteiger partial charge < -0.3 is 10.1 Å². The van der Waals surface area contributed by atoms with E-state index < -0.39 is 0 Å². The largest absolute Gasteiger partial charge is 0.495 e. The van der Waals surface area contributed by atoms with E-state index in [0.29, 0.717) is 32.5 Å². The molecule has 1 aromatic heterocycles. The third kappa shape index (κ3) is 4.69. The van der Waals surface area contributed by atoms with Crippen molar-refractivity contribution < 1.29 is 9.53 Å². The molecule has 1 heterocycles. The minimum Gasteiger partial charge on any atom is -0.495 e. The highest BCUT2D eigenvalue weighted by atomic mass is 35.5. The Balaban J connectivity index is 1.56. The number of benzene rings is 2. The van der Waals surface area contributed by atoms with Gasteiger partial charge in [0.2, 0.25) is 11.1 Å². The summed E-state index contributed by atoms with van der Waals surface area (Å²) in [6, 6.07) is 12.3. The second-order valence-corrected chi connectivity index (χ2v) is 6.95. The summed E-state index contributed by atoms with van der Waals surface area (Å²) in [6.07, 6.45) is 0. The lowest BCUT2D eigenvalue weighted by atomic mass is 10.2. The number of aromatic amines is 1. The molecule has 0 atom stereocenters. The molecule has 0 radical (unpaired) electrons. The molecule has 3 aromatic rings. The van der Waals surface area contributed by atoms with Crippen LogP contribution in [0.1, 0.15) is 0 Å². The van der Waals surface area contributed by atoms with E-state index in [9.17, 15) is 4.79 Å². The highest BCUT2D eigenvalue weighted by Crippen LogP contribution is 2.27. The number of hydrogen-bond acceptors (Lipinski definition) is 5. The standard InChI is InChI=1S/C17H14Cl2N4O2S/c1-25-14-7-6-12(8-13(14)19)20-15(24)9-26-17-21-16(22-23-17)10-2-4-11(18)5-3-10/h2-8H,9H2,1H3,(H,20,24)(H,21,22,23). The van der Waals surface area contributed by atoms with Gasteiger partial charge in [-0.15, -0.1) is 5.10 Å². The molecular formula is C17H14Cl2N4O2S. The van der Waals surface area contributed by atoms with Gasteiger partial charge in [0.05, 0.1) is 17.9 Å². The molecule has 0 unspecified atom stereocenters. The quantitative estimate of drug-likeness (QED) is 0.586. The van der Waals surface area contributed by atoms with Crippen molar-refractivity contribution in [2.45, 2.75) is 5.16 Å². The Kier molecular flexibility index (Phi) is 6.03. The fraction of sp³-hybridized carbons (Fsp3) is 0.118. The van der Waals surface area contributed by atoms with Gasteiger partial charge in [0.25, 0.3) is 0 Å². The molecule has 0 bridgehead atoms. The van der Waals surface area contributed by atoms with Crippen molar-refractivity contribution in [3.63, 3.8) is 0 Å². The zero-order valence-electron chi connectivity index (χ0n) is 13.6. The lowest BCUT2D eigenvalue weighted by Crippen LogP contribution is -2.14. The van der Waals surface area contributed by atoms with Crippen LogP contribution in [-0.4, -0.2) is 34.0 Å². The number of ether oxygens (including phenoxy) is 1. The number of methoxy groups -OCH3 is 1. The molecule has 0 aliphatic heterocycles. The smallest absolute Gasteiger partial charge is 0.234 e. The average Bonchev–Trinajstić information content (AvgIpc) is 3.10. The van der Waals surface area contributed by atoms with Crippen molar-refractivity contribution in [2.75, 3.05) is 18.2 Å².